The monoisotopic (exact) mass is 262 g/mol. The van der Waals surface area contributed by atoms with Gasteiger partial charge in [-0.25, -0.2) is 4.79 Å². The van der Waals surface area contributed by atoms with Gasteiger partial charge in [-0.1, -0.05) is 17.2 Å². The SMILES string of the molecule is CC(C)=CCC/C(C)=C/COc1cc(C)oc(=O)c1. The molecule has 0 fully saturated rings. The first-order chi connectivity index (χ1) is 8.97. The first-order valence-corrected chi connectivity index (χ1v) is 6.51. The lowest BCUT2D eigenvalue weighted by Crippen LogP contribution is -2.02. The van der Waals surface area contributed by atoms with E-state index in [1.54, 1.807) is 13.0 Å². The molecule has 0 N–H and O–H groups in total. The fourth-order valence-corrected chi connectivity index (χ4v) is 1.63. The highest BCUT2D eigenvalue weighted by Gasteiger charge is 1.98. The first-order valence-electron chi connectivity index (χ1n) is 6.51. The fraction of sp³-hybridized carbons (Fsp3) is 0.438. The Morgan fingerprint density at radius 1 is 1.26 bits per heavy atom. The summed E-state index contributed by atoms with van der Waals surface area (Å²) in [5.74, 6) is 1.12. The van der Waals surface area contributed by atoms with Crippen LogP contribution in [0.3, 0.4) is 0 Å². The van der Waals surface area contributed by atoms with E-state index in [9.17, 15) is 4.79 Å². The predicted octanol–water partition coefficient (Wildman–Crippen LogP) is 4.02. The van der Waals surface area contributed by atoms with Gasteiger partial charge in [0.15, 0.2) is 0 Å². The van der Waals surface area contributed by atoms with E-state index in [4.69, 9.17) is 9.15 Å². The maximum absolute atomic E-state index is 11.1. The van der Waals surface area contributed by atoms with Crippen LogP contribution in [0.15, 0.2) is 44.6 Å². The molecule has 0 amide bonds. The summed E-state index contributed by atoms with van der Waals surface area (Å²) in [5, 5.41) is 0. The summed E-state index contributed by atoms with van der Waals surface area (Å²) in [6.07, 6.45) is 6.36. The van der Waals surface area contributed by atoms with Crippen LogP contribution in [0.2, 0.25) is 0 Å². The summed E-state index contributed by atoms with van der Waals surface area (Å²) in [4.78, 5) is 11.1. The van der Waals surface area contributed by atoms with Gasteiger partial charge in [-0.3, -0.25) is 0 Å². The van der Waals surface area contributed by atoms with Gasteiger partial charge in [0.1, 0.15) is 18.1 Å². The molecule has 0 aliphatic carbocycles. The van der Waals surface area contributed by atoms with Crippen LogP contribution >= 0.6 is 0 Å². The summed E-state index contributed by atoms with van der Waals surface area (Å²) >= 11 is 0. The molecule has 104 valence electrons. The zero-order valence-corrected chi connectivity index (χ0v) is 12.2. The highest BCUT2D eigenvalue weighted by Crippen LogP contribution is 2.11. The Labute approximate surface area is 114 Å². The van der Waals surface area contributed by atoms with Gasteiger partial charge in [-0.15, -0.1) is 0 Å². The largest absolute Gasteiger partial charge is 0.489 e. The highest BCUT2D eigenvalue weighted by atomic mass is 16.5. The number of rotatable bonds is 6. The zero-order chi connectivity index (χ0) is 14.3. The minimum atomic E-state index is -0.376. The molecule has 0 aromatic carbocycles. The minimum Gasteiger partial charge on any atom is -0.489 e. The Hall–Kier alpha value is -1.77. The molecule has 0 aliphatic rings. The Bertz CT molecular complexity index is 517. The van der Waals surface area contributed by atoms with Crippen molar-refractivity contribution in [3.63, 3.8) is 0 Å². The topological polar surface area (TPSA) is 39.4 Å². The van der Waals surface area contributed by atoms with Crippen molar-refractivity contribution in [3.05, 3.63) is 51.6 Å². The summed E-state index contributed by atoms with van der Waals surface area (Å²) in [7, 11) is 0. The maximum atomic E-state index is 11.1. The van der Waals surface area contributed by atoms with Crippen molar-refractivity contribution in [3.8, 4) is 5.75 Å². The molecule has 0 atom stereocenters. The summed E-state index contributed by atoms with van der Waals surface area (Å²) in [6, 6.07) is 3.08. The van der Waals surface area contributed by atoms with E-state index < -0.39 is 0 Å². The van der Waals surface area contributed by atoms with Gasteiger partial charge in [-0.05, 0) is 46.6 Å². The number of hydrogen-bond acceptors (Lipinski definition) is 3. The van der Waals surface area contributed by atoms with Gasteiger partial charge >= 0.3 is 5.63 Å². The van der Waals surface area contributed by atoms with Crippen LogP contribution in [0, 0.1) is 6.92 Å². The van der Waals surface area contributed by atoms with Crippen molar-refractivity contribution in [2.45, 2.75) is 40.5 Å². The smallest absolute Gasteiger partial charge is 0.339 e. The molecule has 1 heterocycles. The van der Waals surface area contributed by atoms with E-state index in [2.05, 4.69) is 26.8 Å². The number of ether oxygens (including phenoxy) is 1. The Kier molecular flexibility index (Phi) is 6.13. The third-order valence-electron chi connectivity index (χ3n) is 2.64. The zero-order valence-electron chi connectivity index (χ0n) is 12.2. The lowest BCUT2D eigenvalue weighted by atomic mass is 10.1. The van der Waals surface area contributed by atoms with Gasteiger partial charge in [0, 0.05) is 6.07 Å². The molecule has 3 nitrogen and oxygen atoms in total. The van der Waals surface area contributed by atoms with Crippen molar-refractivity contribution in [2.24, 2.45) is 0 Å². The summed E-state index contributed by atoms with van der Waals surface area (Å²) < 4.78 is 10.4. The lowest BCUT2D eigenvalue weighted by molar-refractivity contribution is 0.351. The van der Waals surface area contributed by atoms with Gasteiger partial charge in [0.05, 0.1) is 6.07 Å². The maximum Gasteiger partial charge on any atom is 0.339 e. The molecule has 0 aliphatic heterocycles. The number of hydrogen-bond donors (Lipinski definition) is 0. The molecule has 19 heavy (non-hydrogen) atoms. The minimum absolute atomic E-state index is 0.376. The van der Waals surface area contributed by atoms with E-state index in [1.807, 2.05) is 6.08 Å². The van der Waals surface area contributed by atoms with E-state index in [-0.39, 0.29) is 5.63 Å². The number of aryl methyl sites for hydroxylation is 1. The molecule has 1 rings (SSSR count). The van der Waals surface area contributed by atoms with Crippen molar-refractivity contribution in [2.75, 3.05) is 6.61 Å². The third-order valence-corrected chi connectivity index (χ3v) is 2.64. The van der Waals surface area contributed by atoms with Crippen molar-refractivity contribution in [1.82, 2.24) is 0 Å². The quantitative estimate of drug-likeness (QED) is 0.727. The molecular weight excluding hydrogens is 240 g/mol. The third kappa shape index (κ3) is 6.65. The van der Waals surface area contributed by atoms with E-state index in [0.717, 1.165) is 12.8 Å². The Balaban J connectivity index is 2.44. The standard InChI is InChI=1S/C16H22O3/c1-12(2)6-5-7-13(3)8-9-18-15-10-14(4)19-16(17)11-15/h6,8,10-11H,5,7,9H2,1-4H3/b13-8+. The second-order valence-electron chi connectivity index (χ2n) is 4.90. The number of allylic oxidation sites excluding steroid dienone is 3. The van der Waals surface area contributed by atoms with Crippen LogP contribution in [0.4, 0.5) is 0 Å². The first kappa shape index (κ1) is 15.3. The Morgan fingerprint density at radius 2 is 2.00 bits per heavy atom. The average molecular weight is 262 g/mol. The van der Waals surface area contributed by atoms with Gasteiger partial charge in [0.25, 0.3) is 0 Å². The summed E-state index contributed by atoms with van der Waals surface area (Å²) in [5.41, 5.74) is 2.26. The van der Waals surface area contributed by atoms with Crippen LogP contribution in [0.25, 0.3) is 0 Å². The van der Waals surface area contributed by atoms with Crippen LogP contribution in [0.5, 0.6) is 5.75 Å². The fourth-order valence-electron chi connectivity index (χ4n) is 1.63. The van der Waals surface area contributed by atoms with Crippen LogP contribution < -0.4 is 10.4 Å². The Morgan fingerprint density at radius 3 is 2.63 bits per heavy atom. The second kappa shape index (κ2) is 7.62. The van der Waals surface area contributed by atoms with Crippen molar-refractivity contribution in [1.29, 1.82) is 0 Å². The van der Waals surface area contributed by atoms with Crippen molar-refractivity contribution >= 4 is 0 Å². The van der Waals surface area contributed by atoms with Crippen molar-refractivity contribution < 1.29 is 9.15 Å². The van der Waals surface area contributed by atoms with Crippen LogP contribution in [0.1, 0.15) is 39.4 Å². The van der Waals surface area contributed by atoms with Crippen LogP contribution in [-0.4, -0.2) is 6.61 Å². The molecule has 3 heteroatoms. The molecule has 0 saturated heterocycles. The molecule has 0 saturated carbocycles. The normalized spacial score (nSPS) is 11.3. The predicted molar refractivity (Wildman–Crippen MR) is 77.6 cm³/mol. The molecule has 0 bridgehead atoms. The average Bonchev–Trinajstić information content (AvgIpc) is 2.27. The van der Waals surface area contributed by atoms with E-state index in [1.165, 1.54) is 17.2 Å². The van der Waals surface area contributed by atoms with Gasteiger partial charge in [-0.2, -0.15) is 0 Å². The van der Waals surface area contributed by atoms with Crippen LogP contribution in [-0.2, 0) is 0 Å². The van der Waals surface area contributed by atoms with Gasteiger partial charge < -0.3 is 9.15 Å². The molecule has 0 spiro atoms. The van der Waals surface area contributed by atoms with E-state index >= 15 is 0 Å². The highest BCUT2D eigenvalue weighted by molar-refractivity contribution is 5.20. The lowest BCUT2D eigenvalue weighted by Gasteiger charge is -2.04. The molecule has 1 aromatic rings. The molecular formula is C16H22O3. The summed E-state index contributed by atoms with van der Waals surface area (Å²) in [6.45, 7) is 8.50. The second-order valence-corrected chi connectivity index (χ2v) is 4.90. The van der Waals surface area contributed by atoms with E-state index in [0.29, 0.717) is 18.1 Å². The molecule has 0 unspecified atom stereocenters. The molecule has 1 aromatic heterocycles. The molecule has 0 radical (unpaired) electrons. The van der Waals surface area contributed by atoms with Gasteiger partial charge in [0.2, 0.25) is 0 Å².